The number of fused-ring (bicyclic) bond motifs is 4. The number of ether oxygens (including phenoxy) is 4. The van der Waals surface area contributed by atoms with E-state index in [0.29, 0.717) is 35.8 Å². The molecule has 1 aliphatic heterocycles. The summed E-state index contributed by atoms with van der Waals surface area (Å²) >= 11 is 0. The Morgan fingerprint density at radius 1 is 0.846 bits per heavy atom. The topological polar surface area (TPSA) is 78.6 Å². The average Bonchev–Trinajstić information content (AvgIpc) is 2.99. The average molecular weight is 520 g/mol. The van der Waals surface area contributed by atoms with Gasteiger partial charge in [0.25, 0.3) is 0 Å². The number of nitrogens with zero attached hydrogens (tertiary/aromatic N) is 2. The molecular formula is C32H29N3O4. The van der Waals surface area contributed by atoms with E-state index in [-0.39, 0.29) is 5.92 Å². The van der Waals surface area contributed by atoms with Crippen LogP contribution in [0.5, 0.6) is 28.9 Å². The fraction of sp³-hybridized carbons (Fsp3) is 0.188. The van der Waals surface area contributed by atoms with Crippen LogP contribution in [0.25, 0.3) is 10.8 Å². The highest BCUT2D eigenvalue weighted by Crippen LogP contribution is 2.48. The van der Waals surface area contributed by atoms with E-state index in [1.165, 1.54) is 0 Å². The van der Waals surface area contributed by atoms with Crippen molar-refractivity contribution in [1.29, 1.82) is 5.41 Å². The van der Waals surface area contributed by atoms with E-state index < -0.39 is 0 Å². The fourth-order valence-corrected chi connectivity index (χ4v) is 5.34. The predicted octanol–water partition coefficient (Wildman–Crippen LogP) is 6.07. The number of aryl methyl sites for hydroxylation is 2. The Morgan fingerprint density at radius 3 is 2.41 bits per heavy atom. The molecule has 196 valence electrons. The van der Waals surface area contributed by atoms with Crippen molar-refractivity contribution in [1.82, 2.24) is 9.55 Å². The van der Waals surface area contributed by atoms with Crippen molar-refractivity contribution in [3.63, 3.8) is 0 Å². The van der Waals surface area contributed by atoms with Crippen LogP contribution in [0.15, 0.2) is 85.2 Å². The summed E-state index contributed by atoms with van der Waals surface area (Å²) in [6.07, 6.45) is 2.39. The monoisotopic (exact) mass is 519 g/mol. The van der Waals surface area contributed by atoms with Gasteiger partial charge in [-0.2, -0.15) is 0 Å². The zero-order valence-electron chi connectivity index (χ0n) is 22.1. The third-order valence-corrected chi connectivity index (χ3v) is 7.34. The summed E-state index contributed by atoms with van der Waals surface area (Å²) in [4.78, 5) is 4.69. The van der Waals surface area contributed by atoms with E-state index in [1.807, 2.05) is 53.1 Å². The molecule has 0 spiro atoms. The van der Waals surface area contributed by atoms with Gasteiger partial charge in [0.05, 0.1) is 26.9 Å². The van der Waals surface area contributed by atoms with Gasteiger partial charge in [0.15, 0.2) is 11.5 Å². The zero-order chi connectivity index (χ0) is 26.9. The van der Waals surface area contributed by atoms with Crippen LogP contribution in [0.1, 0.15) is 28.2 Å². The van der Waals surface area contributed by atoms with Crippen LogP contribution in [-0.2, 0) is 13.0 Å². The molecule has 5 aromatic rings. The van der Waals surface area contributed by atoms with Gasteiger partial charge in [0.1, 0.15) is 23.3 Å². The molecule has 2 heterocycles. The van der Waals surface area contributed by atoms with E-state index in [2.05, 4.69) is 30.3 Å². The molecule has 1 N–H and O–H groups in total. The molecule has 0 saturated heterocycles. The van der Waals surface area contributed by atoms with Crippen LogP contribution in [-0.4, -0.2) is 30.9 Å². The highest BCUT2D eigenvalue weighted by Gasteiger charge is 2.33. The summed E-state index contributed by atoms with van der Waals surface area (Å²) in [7, 11) is 4.92. The van der Waals surface area contributed by atoms with Gasteiger partial charge in [-0.25, -0.2) is 4.98 Å². The predicted molar refractivity (Wildman–Crippen MR) is 149 cm³/mol. The second-order valence-corrected chi connectivity index (χ2v) is 9.45. The number of hydrogen-bond acceptors (Lipinski definition) is 6. The van der Waals surface area contributed by atoms with Gasteiger partial charge < -0.3 is 23.5 Å². The fourth-order valence-electron chi connectivity index (χ4n) is 5.34. The standard InChI is InChI=1S/C32H29N3O4/c1-36-23-12-9-22(10-13-23)28-29-24-7-5-4-6-21(24)11-15-26(29)39-32-30(28)31(33)35(19-34-32)17-16-20-8-14-25(37-2)27(18-20)38-3/h4-15,18-19,28,33H,16-17H2,1-3H3/t28-/m1/s1. The number of rotatable bonds is 7. The second kappa shape index (κ2) is 10.2. The number of methoxy groups -OCH3 is 3. The minimum Gasteiger partial charge on any atom is -0.497 e. The minimum absolute atomic E-state index is 0.228. The van der Waals surface area contributed by atoms with Gasteiger partial charge >= 0.3 is 0 Å². The van der Waals surface area contributed by atoms with Crippen LogP contribution < -0.4 is 24.4 Å². The molecule has 1 atom stereocenters. The summed E-state index contributed by atoms with van der Waals surface area (Å²) in [5.74, 6) is 3.16. The van der Waals surface area contributed by atoms with E-state index in [1.54, 1.807) is 27.7 Å². The zero-order valence-corrected chi connectivity index (χ0v) is 22.1. The second-order valence-electron chi connectivity index (χ2n) is 9.45. The third-order valence-electron chi connectivity index (χ3n) is 7.34. The molecule has 7 nitrogen and oxygen atoms in total. The molecular weight excluding hydrogens is 490 g/mol. The minimum atomic E-state index is -0.228. The SMILES string of the molecule is COc1ccc([C@H]2c3c(ncn(CCc4ccc(OC)c(OC)c4)c3=N)Oc3ccc4ccccc4c32)cc1. The van der Waals surface area contributed by atoms with Gasteiger partial charge in [0.2, 0.25) is 5.88 Å². The summed E-state index contributed by atoms with van der Waals surface area (Å²) < 4.78 is 24.5. The Labute approximate surface area is 226 Å². The van der Waals surface area contributed by atoms with Crippen molar-refractivity contribution in [3.8, 4) is 28.9 Å². The molecule has 6 rings (SSSR count). The quantitative estimate of drug-likeness (QED) is 0.277. The number of nitrogens with one attached hydrogen (secondary N) is 1. The van der Waals surface area contributed by atoms with Crippen molar-refractivity contribution < 1.29 is 18.9 Å². The van der Waals surface area contributed by atoms with Crippen molar-refractivity contribution >= 4 is 10.8 Å². The molecule has 0 fully saturated rings. The first kappa shape index (κ1) is 24.6. The molecule has 39 heavy (non-hydrogen) atoms. The highest BCUT2D eigenvalue weighted by molar-refractivity contribution is 5.90. The van der Waals surface area contributed by atoms with Crippen molar-refractivity contribution in [3.05, 3.63) is 113 Å². The maximum atomic E-state index is 9.31. The smallest absolute Gasteiger partial charge is 0.228 e. The number of aromatic nitrogens is 2. The molecule has 0 amide bonds. The number of hydrogen-bond donors (Lipinski definition) is 1. The normalized spacial score (nSPS) is 13.8. The molecule has 0 unspecified atom stereocenters. The van der Waals surface area contributed by atoms with Gasteiger partial charge in [-0.15, -0.1) is 0 Å². The summed E-state index contributed by atoms with van der Waals surface area (Å²) in [5.41, 5.74) is 4.29. The molecule has 1 aromatic heterocycles. The summed E-state index contributed by atoms with van der Waals surface area (Å²) in [6, 6.07) is 26.3. The third kappa shape index (κ3) is 4.36. The maximum absolute atomic E-state index is 9.31. The van der Waals surface area contributed by atoms with Crippen molar-refractivity contribution in [2.24, 2.45) is 0 Å². The molecule has 7 heteroatoms. The molecule has 0 bridgehead atoms. The molecule has 0 aliphatic carbocycles. The van der Waals surface area contributed by atoms with E-state index in [0.717, 1.165) is 44.5 Å². The largest absolute Gasteiger partial charge is 0.497 e. The molecule has 0 saturated carbocycles. The first-order valence-corrected chi connectivity index (χ1v) is 12.8. The van der Waals surface area contributed by atoms with Crippen LogP contribution in [0, 0.1) is 5.41 Å². The Bertz CT molecular complexity index is 1730. The van der Waals surface area contributed by atoms with Crippen LogP contribution in [0.2, 0.25) is 0 Å². The first-order chi connectivity index (χ1) is 19.1. The van der Waals surface area contributed by atoms with E-state index >= 15 is 0 Å². The Hall–Kier alpha value is -4.78. The van der Waals surface area contributed by atoms with Crippen molar-refractivity contribution in [2.75, 3.05) is 21.3 Å². The van der Waals surface area contributed by atoms with Gasteiger partial charge in [-0.05, 0) is 58.7 Å². The lowest BCUT2D eigenvalue weighted by Gasteiger charge is -2.30. The first-order valence-electron chi connectivity index (χ1n) is 12.8. The number of benzene rings is 4. The maximum Gasteiger partial charge on any atom is 0.228 e. The van der Waals surface area contributed by atoms with Gasteiger partial charge in [0, 0.05) is 18.0 Å². The Kier molecular flexibility index (Phi) is 6.40. The van der Waals surface area contributed by atoms with Gasteiger partial charge in [-0.3, -0.25) is 5.41 Å². The lowest BCUT2D eigenvalue weighted by atomic mass is 9.81. The highest BCUT2D eigenvalue weighted by atomic mass is 16.5. The Morgan fingerprint density at radius 2 is 1.64 bits per heavy atom. The molecule has 4 aromatic carbocycles. The lowest BCUT2D eigenvalue weighted by molar-refractivity contribution is 0.354. The van der Waals surface area contributed by atoms with Crippen LogP contribution in [0.4, 0.5) is 0 Å². The van der Waals surface area contributed by atoms with Crippen LogP contribution >= 0.6 is 0 Å². The molecule has 0 radical (unpaired) electrons. The van der Waals surface area contributed by atoms with E-state index in [9.17, 15) is 5.41 Å². The lowest BCUT2D eigenvalue weighted by Crippen LogP contribution is -2.30. The van der Waals surface area contributed by atoms with Gasteiger partial charge in [-0.1, -0.05) is 48.5 Å². The Balaban J connectivity index is 1.45. The van der Waals surface area contributed by atoms with Crippen LogP contribution in [0.3, 0.4) is 0 Å². The molecule has 1 aliphatic rings. The van der Waals surface area contributed by atoms with Crippen molar-refractivity contribution in [2.45, 2.75) is 18.9 Å². The summed E-state index contributed by atoms with van der Waals surface area (Å²) in [6.45, 7) is 0.576. The summed E-state index contributed by atoms with van der Waals surface area (Å²) in [5, 5.41) is 11.5. The van der Waals surface area contributed by atoms with E-state index in [4.69, 9.17) is 23.9 Å².